The van der Waals surface area contributed by atoms with Crippen molar-refractivity contribution in [3.63, 3.8) is 0 Å². The van der Waals surface area contributed by atoms with Crippen molar-refractivity contribution in [2.45, 2.75) is 19.8 Å². The molecule has 0 spiro atoms. The Bertz CT molecular complexity index is 1080. The zero-order chi connectivity index (χ0) is 22.9. The summed E-state index contributed by atoms with van der Waals surface area (Å²) in [6.45, 7) is 2.45. The second kappa shape index (κ2) is 11.4. The van der Waals surface area contributed by atoms with Crippen molar-refractivity contribution >= 4 is 51.3 Å². The van der Waals surface area contributed by atoms with Crippen LogP contribution < -0.4 is 10.6 Å². The first-order chi connectivity index (χ1) is 15.5. The molecule has 0 unspecified atom stereocenters. The van der Waals surface area contributed by atoms with Gasteiger partial charge in [-0.3, -0.25) is 0 Å². The maximum Gasteiger partial charge on any atom is 0.340 e. The monoisotopic (exact) mass is 468 g/mol. The van der Waals surface area contributed by atoms with Crippen molar-refractivity contribution in [3.05, 3.63) is 71.8 Å². The highest BCUT2D eigenvalue weighted by Crippen LogP contribution is 2.36. The summed E-state index contributed by atoms with van der Waals surface area (Å²) in [4.78, 5) is 25.2. The van der Waals surface area contributed by atoms with Gasteiger partial charge in [-0.25, -0.2) is 9.59 Å². The number of hydrogen-bond acceptors (Lipinski definition) is 6. The summed E-state index contributed by atoms with van der Waals surface area (Å²) in [5.74, 6) is -0.792. The Morgan fingerprint density at radius 2 is 1.72 bits per heavy atom. The van der Waals surface area contributed by atoms with Crippen LogP contribution in [-0.4, -0.2) is 30.8 Å². The molecular weight excluding hydrogens is 444 g/mol. The van der Waals surface area contributed by atoms with Crippen molar-refractivity contribution in [1.82, 2.24) is 0 Å². The molecule has 8 heteroatoms. The quantitative estimate of drug-likeness (QED) is 0.240. The number of rotatable bonds is 8. The van der Waals surface area contributed by atoms with Crippen molar-refractivity contribution in [1.29, 1.82) is 0 Å². The van der Waals surface area contributed by atoms with Gasteiger partial charge in [-0.15, -0.1) is 11.3 Å². The molecule has 2 N–H and O–H groups in total. The fourth-order valence-electron chi connectivity index (χ4n) is 2.84. The SMILES string of the molecule is CCCCOC(=O)c1ccc(NC(=S)Nc2sc(-c3ccccc3)cc2C(=O)OC)cc1. The summed E-state index contributed by atoms with van der Waals surface area (Å²) in [6, 6.07) is 18.4. The van der Waals surface area contributed by atoms with Crippen molar-refractivity contribution < 1.29 is 19.1 Å². The summed E-state index contributed by atoms with van der Waals surface area (Å²) >= 11 is 6.83. The van der Waals surface area contributed by atoms with Gasteiger partial charge in [0.15, 0.2) is 5.11 Å². The van der Waals surface area contributed by atoms with Crippen LogP contribution in [0, 0.1) is 0 Å². The number of thiophene rings is 1. The molecular formula is C24H24N2O4S2. The van der Waals surface area contributed by atoms with E-state index in [2.05, 4.69) is 10.6 Å². The second-order valence-electron chi connectivity index (χ2n) is 6.86. The number of esters is 2. The molecule has 3 rings (SSSR count). The first-order valence-corrected chi connectivity index (χ1v) is 11.4. The normalized spacial score (nSPS) is 10.3. The van der Waals surface area contributed by atoms with Crippen LogP contribution in [0.3, 0.4) is 0 Å². The molecule has 0 aliphatic carbocycles. The van der Waals surface area contributed by atoms with Gasteiger partial charge in [0.25, 0.3) is 0 Å². The van der Waals surface area contributed by atoms with E-state index in [9.17, 15) is 9.59 Å². The molecule has 0 radical (unpaired) electrons. The highest BCUT2D eigenvalue weighted by Gasteiger charge is 2.18. The van der Waals surface area contributed by atoms with Gasteiger partial charge in [0.1, 0.15) is 5.00 Å². The number of methoxy groups -OCH3 is 1. The lowest BCUT2D eigenvalue weighted by Gasteiger charge is -2.11. The maximum absolute atomic E-state index is 12.3. The van der Waals surface area contributed by atoms with E-state index in [1.54, 1.807) is 30.3 Å². The largest absolute Gasteiger partial charge is 0.465 e. The van der Waals surface area contributed by atoms with Gasteiger partial charge < -0.3 is 20.1 Å². The molecule has 0 fully saturated rings. The van der Waals surface area contributed by atoms with Crippen LogP contribution in [0.4, 0.5) is 10.7 Å². The zero-order valence-electron chi connectivity index (χ0n) is 17.8. The molecule has 0 atom stereocenters. The molecule has 6 nitrogen and oxygen atoms in total. The van der Waals surface area contributed by atoms with Crippen LogP contribution in [0.25, 0.3) is 10.4 Å². The molecule has 0 bridgehead atoms. The molecule has 1 heterocycles. The van der Waals surface area contributed by atoms with E-state index in [4.69, 9.17) is 21.7 Å². The minimum atomic E-state index is -0.445. The van der Waals surface area contributed by atoms with Gasteiger partial charge in [0.05, 0.1) is 24.8 Å². The molecule has 0 aliphatic heterocycles. The predicted molar refractivity (Wildman–Crippen MR) is 133 cm³/mol. The smallest absolute Gasteiger partial charge is 0.340 e. The topological polar surface area (TPSA) is 76.7 Å². The summed E-state index contributed by atoms with van der Waals surface area (Å²) in [7, 11) is 1.34. The summed E-state index contributed by atoms with van der Waals surface area (Å²) < 4.78 is 10.1. The maximum atomic E-state index is 12.3. The first kappa shape index (κ1) is 23.4. The predicted octanol–water partition coefficient (Wildman–Crippen LogP) is 5.97. The molecule has 0 saturated heterocycles. The van der Waals surface area contributed by atoms with Gasteiger partial charge in [0.2, 0.25) is 0 Å². The van der Waals surface area contributed by atoms with Crippen molar-refractivity contribution in [2.24, 2.45) is 0 Å². The Balaban J connectivity index is 1.68. The van der Waals surface area contributed by atoms with Crippen LogP contribution in [0.2, 0.25) is 0 Å². The van der Waals surface area contributed by atoms with E-state index in [-0.39, 0.29) is 5.97 Å². The highest BCUT2D eigenvalue weighted by atomic mass is 32.1. The first-order valence-electron chi connectivity index (χ1n) is 10.1. The third-order valence-electron chi connectivity index (χ3n) is 4.53. The van der Waals surface area contributed by atoms with Crippen LogP contribution >= 0.6 is 23.6 Å². The van der Waals surface area contributed by atoms with Gasteiger partial charge >= 0.3 is 11.9 Å². The number of anilines is 2. The van der Waals surface area contributed by atoms with E-state index >= 15 is 0 Å². The highest BCUT2D eigenvalue weighted by molar-refractivity contribution is 7.80. The minimum Gasteiger partial charge on any atom is -0.465 e. The van der Waals surface area contributed by atoms with Crippen LogP contribution in [0.5, 0.6) is 0 Å². The lowest BCUT2D eigenvalue weighted by atomic mass is 10.1. The Hall–Kier alpha value is -3.23. The minimum absolute atomic E-state index is 0.315. The van der Waals surface area contributed by atoms with Gasteiger partial charge in [-0.2, -0.15) is 0 Å². The van der Waals surface area contributed by atoms with E-state index in [1.807, 2.05) is 37.3 Å². The van der Waals surface area contributed by atoms with Crippen LogP contribution in [-0.2, 0) is 9.47 Å². The second-order valence-corrected chi connectivity index (χ2v) is 8.32. The van der Waals surface area contributed by atoms with Gasteiger partial charge in [0, 0.05) is 10.6 Å². The molecule has 0 aliphatic rings. The number of benzene rings is 2. The fourth-order valence-corrected chi connectivity index (χ4v) is 4.18. The third-order valence-corrected chi connectivity index (χ3v) is 5.84. The summed E-state index contributed by atoms with van der Waals surface area (Å²) in [5.41, 5.74) is 2.58. The summed E-state index contributed by atoms with van der Waals surface area (Å²) in [6.07, 6.45) is 1.81. The van der Waals surface area contributed by atoms with Gasteiger partial charge in [-0.05, 0) is 54.5 Å². The Kier molecular flexibility index (Phi) is 8.35. The molecule has 2 aromatic carbocycles. The van der Waals surface area contributed by atoms with E-state index in [0.29, 0.717) is 33.5 Å². The third kappa shape index (κ3) is 6.15. The van der Waals surface area contributed by atoms with E-state index in [0.717, 1.165) is 23.3 Å². The molecule has 32 heavy (non-hydrogen) atoms. The van der Waals surface area contributed by atoms with Gasteiger partial charge in [-0.1, -0.05) is 43.7 Å². The van der Waals surface area contributed by atoms with Crippen LogP contribution in [0.1, 0.15) is 40.5 Å². The fraction of sp³-hybridized carbons (Fsp3) is 0.208. The number of carbonyl (C=O) groups excluding carboxylic acids is 2. The number of carbonyl (C=O) groups is 2. The number of ether oxygens (including phenoxy) is 2. The van der Waals surface area contributed by atoms with E-state index in [1.165, 1.54) is 18.4 Å². The number of thiocarbonyl (C=S) groups is 1. The molecule has 0 amide bonds. The van der Waals surface area contributed by atoms with Crippen LogP contribution in [0.15, 0.2) is 60.7 Å². The summed E-state index contributed by atoms with van der Waals surface area (Å²) in [5, 5.41) is 7.05. The zero-order valence-corrected chi connectivity index (χ0v) is 19.5. The van der Waals surface area contributed by atoms with Crippen molar-refractivity contribution in [3.8, 4) is 10.4 Å². The molecule has 0 saturated carbocycles. The number of unbranched alkanes of at least 4 members (excludes halogenated alkanes) is 1. The lowest BCUT2D eigenvalue weighted by molar-refractivity contribution is 0.0499. The Morgan fingerprint density at radius 3 is 2.38 bits per heavy atom. The van der Waals surface area contributed by atoms with E-state index < -0.39 is 5.97 Å². The average Bonchev–Trinajstić information content (AvgIpc) is 3.23. The molecule has 1 aromatic heterocycles. The Labute approximate surface area is 196 Å². The van der Waals surface area contributed by atoms with Crippen molar-refractivity contribution in [2.75, 3.05) is 24.4 Å². The lowest BCUT2D eigenvalue weighted by Crippen LogP contribution is -2.20. The standard InChI is InChI=1S/C24H24N2O4S2/c1-3-4-14-30-22(27)17-10-12-18(13-11-17)25-24(31)26-21-19(23(28)29-2)15-20(32-21)16-8-6-5-7-9-16/h5-13,15H,3-4,14H2,1-2H3,(H2,25,26,31). The average molecular weight is 469 g/mol. The Morgan fingerprint density at radius 1 is 1.00 bits per heavy atom. The number of hydrogen-bond donors (Lipinski definition) is 2. The number of nitrogens with one attached hydrogen (secondary N) is 2. The molecule has 166 valence electrons. The molecule has 3 aromatic rings.